The Hall–Kier alpha value is -7.25. The summed E-state index contributed by atoms with van der Waals surface area (Å²) in [5, 5.41) is 19.6. The second-order valence-electron chi connectivity index (χ2n) is 11.8. The SMILES string of the molecule is [C-]#[N+]/C(C#N)=c1/c2c(/c(=C(\C#N)[N+]#[C-])c3c1-c1ncc(-c4c(F)c(F)c(C)c(F)c4F)nc1C3)-c1ncc(-c3c(F)c(F)c(C(F)(F)F)c(F)c3F)nc1C2. The molecule has 0 spiro atoms. The third-order valence-corrected chi connectivity index (χ3v) is 9.01. The average Bonchev–Trinajstić information content (AvgIpc) is 3.71. The zero-order valence-corrected chi connectivity index (χ0v) is 26.8. The van der Waals surface area contributed by atoms with Crippen LogP contribution in [0.25, 0.3) is 66.1 Å². The first-order valence-corrected chi connectivity index (χ1v) is 15.0. The number of halogens is 11. The smallest absolute Gasteiger partial charge is 0.252 e. The molecule has 5 aromatic rings. The quantitative estimate of drug-likeness (QED) is 0.104. The second-order valence-corrected chi connectivity index (χ2v) is 11.8. The maximum Gasteiger partial charge on any atom is 0.422 e. The molecule has 0 unspecified atom stereocenters. The van der Waals surface area contributed by atoms with Gasteiger partial charge >= 0.3 is 6.18 Å². The van der Waals surface area contributed by atoms with E-state index in [1.807, 2.05) is 0 Å². The molecule has 2 aliphatic rings. The first-order chi connectivity index (χ1) is 26.0. The summed E-state index contributed by atoms with van der Waals surface area (Å²) in [6, 6.07) is 3.40. The van der Waals surface area contributed by atoms with Crippen molar-refractivity contribution in [3.63, 3.8) is 0 Å². The molecule has 0 aliphatic heterocycles. The van der Waals surface area contributed by atoms with Gasteiger partial charge in [0.05, 0.1) is 83.0 Å². The Morgan fingerprint density at radius 3 is 1.31 bits per heavy atom. The number of benzene rings is 3. The lowest BCUT2D eigenvalue weighted by Crippen LogP contribution is -2.26. The lowest BCUT2D eigenvalue weighted by atomic mass is 9.92. The van der Waals surface area contributed by atoms with Crippen LogP contribution >= 0.6 is 0 Å². The van der Waals surface area contributed by atoms with Gasteiger partial charge in [-0.1, -0.05) is 0 Å². The van der Waals surface area contributed by atoms with Crippen molar-refractivity contribution in [1.29, 1.82) is 10.5 Å². The molecule has 0 saturated heterocycles. The predicted octanol–water partition coefficient (Wildman–Crippen LogP) is 7.29. The fraction of sp³-hybridized carbons (Fsp3) is 0.111. The molecule has 8 nitrogen and oxygen atoms in total. The molecule has 0 N–H and O–H groups in total. The van der Waals surface area contributed by atoms with Gasteiger partial charge in [0.15, 0.2) is 46.5 Å². The van der Waals surface area contributed by atoms with Gasteiger partial charge in [0.2, 0.25) is 0 Å². The molecule has 3 aromatic carbocycles. The minimum atomic E-state index is -5.82. The molecule has 0 fully saturated rings. The number of rotatable bonds is 2. The van der Waals surface area contributed by atoms with Crippen LogP contribution in [0.3, 0.4) is 0 Å². The van der Waals surface area contributed by atoms with Crippen molar-refractivity contribution in [3.05, 3.63) is 126 Å². The van der Waals surface area contributed by atoms with Crippen molar-refractivity contribution < 1.29 is 48.3 Å². The molecule has 0 bridgehead atoms. The molecule has 7 rings (SSSR count). The molecule has 55 heavy (non-hydrogen) atoms. The maximum atomic E-state index is 15.0. The van der Waals surface area contributed by atoms with Crippen molar-refractivity contribution in [3.8, 4) is 57.2 Å². The van der Waals surface area contributed by atoms with E-state index in [4.69, 9.17) is 13.1 Å². The Morgan fingerprint density at radius 2 is 0.982 bits per heavy atom. The number of aromatic nitrogens is 4. The van der Waals surface area contributed by atoms with E-state index in [9.17, 15) is 50.0 Å². The van der Waals surface area contributed by atoms with E-state index in [1.165, 1.54) is 0 Å². The highest BCUT2D eigenvalue weighted by Gasteiger charge is 2.43. The van der Waals surface area contributed by atoms with Gasteiger partial charge in [-0.15, -0.1) is 0 Å². The van der Waals surface area contributed by atoms with Crippen LogP contribution in [0.5, 0.6) is 0 Å². The number of nitriles is 2. The van der Waals surface area contributed by atoms with E-state index in [-0.39, 0.29) is 55.5 Å². The van der Waals surface area contributed by atoms with Crippen LogP contribution in [-0.4, -0.2) is 19.9 Å². The minimum absolute atomic E-state index is 0.00485. The van der Waals surface area contributed by atoms with Gasteiger partial charge in [-0.05, 0) is 18.1 Å². The normalized spacial score (nSPS) is 13.5. The molecule has 2 heterocycles. The zero-order valence-electron chi connectivity index (χ0n) is 26.8. The first kappa shape index (κ1) is 36.1. The van der Waals surface area contributed by atoms with Gasteiger partial charge in [0.1, 0.15) is 5.56 Å². The third kappa shape index (κ3) is 5.01. The van der Waals surface area contributed by atoms with Crippen LogP contribution in [0.1, 0.15) is 33.6 Å². The summed E-state index contributed by atoms with van der Waals surface area (Å²) in [5.41, 5.74) is -10.6. The van der Waals surface area contributed by atoms with Crippen molar-refractivity contribution in [2.45, 2.75) is 25.9 Å². The Balaban J connectivity index is 1.52. The number of nitrogens with zero attached hydrogens (tertiary/aromatic N) is 8. The summed E-state index contributed by atoms with van der Waals surface area (Å²) in [6.07, 6.45) is -5.47. The summed E-state index contributed by atoms with van der Waals surface area (Å²) < 4.78 is 158. The summed E-state index contributed by atoms with van der Waals surface area (Å²) in [4.78, 5) is 23.0. The summed E-state index contributed by atoms with van der Waals surface area (Å²) in [5.74, 6) is -17.3. The predicted molar refractivity (Wildman–Crippen MR) is 165 cm³/mol. The highest BCUT2D eigenvalue weighted by molar-refractivity contribution is 5.90. The number of hydrogen-bond acceptors (Lipinski definition) is 6. The fourth-order valence-electron chi connectivity index (χ4n) is 6.69. The average molecular weight is 763 g/mol. The minimum Gasteiger partial charge on any atom is -0.252 e. The van der Waals surface area contributed by atoms with E-state index in [0.717, 1.165) is 13.1 Å². The fourth-order valence-corrected chi connectivity index (χ4v) is 6.69. The van der Waals surface area contributed by atoms with Gasteiger partial charge in [-0.3, -0.25) is 9.97 Å². The van der Waals surface area contributed by atoms with Crippen molar-refractivity contribution in [2.24, 2.45) is 0 Å². The molecule has 0 amide bonds. The van der Waals surface area contributed by atoms with E-state index in [0.29, 0.717) is 6.20 Å². The Bertz CT molecular complexity index is 2870. The van der Waals surface area contributed by atoms with Crippen LogP contribution in [0.15, 0.2) is 12.4 Å². The highest BCUT2D eigenvalue weighted by Crippen LogP contribution is 2.42. The number of hydrogen-bond donors (Lipinski definition) is 0. The molecular formula is C36H9F11N8. The molecule has 0 atom stereocenters. The third-order valence-electron chi connectivity index (χ3n) is 9.01. The standard InChI is InChI=1S/C36H9F11N8/c1-10-26(37)28(39)23(29(40)27(10)38)17-8-52-34-13(54-17)4-11-19(15(6-48)50-2)22-12(20(21(11)34)16(7-49)51-3)5-14-35(22)53-9-18(55-14)24-30(41)32(43)25(36(45,46)47)33(44)31(24)42/h8-9H,4-5H2,1H3/b19-15+,20-16-. The summed E-state index contributed by atoms with van der Waals surface area (Å²) in [7, 11) is 0. The van der Waals surface area contributed by atoms with E-state index >= 15 is 8.78 Å². The van der Waals surface area contributed by atoms with E-state index in [1.54, 1.807) is 12.1 Å². The van der Waals surface area contributed by atoms with Crippen LogP contribution in [0.4, 0.5) is 48.3 Å². The molecule has 2 aromatic heterocycles. The molecular weight excluding hydrogens is 753 g/mol. The Labute approximate surface area is 299 Å². The second kappa shape index (κ2) is 12.4. The topological polar surface area (TPSA) is 108 Å². The van der Waals surface area contributed by atoms with Gasteiger partial charge in [0, 0.05) is 40.0 Å². The lowest BCUT2D eigenvalue weighted by Gasteiger charge is -2.14. The summed E-state index contributed by atoms with van der Waals surface area (Å²) in [6.45, 7) is 16.3. The van der Waals surface area contributed by atoms with Gasteiger partial charge < -0.3 is 0 Å². The number of fused-ring (bicyclic) bond motifs is 6. The number of alkyl halides is 3. The Morgan fingerprint density at radius 1 is 0.618 bits per heavy atom. The van der Waals surface area contributed by atoms with Crippen molar-refractivity contribution >= 4 is 11.4 Å². The Kier molecular flexibility index (Phi) is 8.16. The van der Waals surface area contributed by atoms with E-state index < -0.39 is 111 Å². The monoisotopic (exact) mass is 762 g/mol. The maximum absolute atomic E-state index is 15.0. The van der Waals surface area contributed by atoms with E-state index in [2.05, 4.69) is 29.6 Å². The zero-order chi connectivity index (χ0) is 40.0. The van der Waals surface area contributed by atoms with Gasteiger partial charge in [-0.2, -0.15) is 13.2 Å². The molecule has 0 saturated carbocycles. The lowest BCUT2D eigenvalue weighted by molar-refractivity contribution is -0.143. The molecule has 0 radical (unpaired) electrons. The largest absolute Gasteiger partial charge is 0.422 e. The first-order valence-electron chi connectivity index (χ1n) is 15.0. The van der Waals surface area contributed by atoms with Crippen LogP contribution in [0.2, 0.25) is 0 Å². The molecule has 2 aliphatic carbocycles. The van der Waals surface area contributed by atoms with Crippen LogP contribution in [0, 0.1) is 89.3 Å². The van der Waals surface area contributed by atoms with Crippen LogP contribution < -0.4 is 10.4 Å². The van der Waals surface area contributed by atoms with Gasteiger partial charge in [-0.25, -0.2) is 65.3 Å². The molecule has 270 valence electrons. The van der Waals surface area contributed by atoms with Crippen LogP contribution in [-0.2, 0) is 19.0 Å². The highest BCUT2D eigenvalue weighted by atomic mass is 19.4. The van der Waals surface area contributed by atoms with Gasteiger partial charge in [0.25, 0.3) is 11.4 Å². The van der Waals surface area contributed by atoms with Crippen molar-refractivity contribution in [2.75, 3.05) is 0 Å². The van der Waals surface area contributed by atoms with Crippen molar-refractivity contribution in [1.82, 2.24) is 19.9 Å². The summed E-state index contributed by atoms with van der Waals surface area (Å²) >= 11 is 0. The molecule has 19 heteroatoms.